The molecule has 0 unspecified atom stereocenters. The third-order valence-electron chi connectivity index (χ3n) is 3.19. The van der Waals surface area contributed by atoms with Gasteiger partial charge >= 0.3 is 6.09 Å². The van der Waals surface area contributed by atoms with Gasteiger partial charge in [-0.1, -0.05) is 0 Å². The van der Waals surface area contributed by atoms with E-state index in [9.17, 15) is 4.79 Å². The molecular formula is C12H15N5O2. The molecule has 19 heavy (non-hydrogen) atoms. The molecule has 1 amide bonds. The first kappa shape index (κ1) is 13.1. The molecule has 2 rings (SSSR count). The van der Waals surface area contributed by atoms with Crippen LogP contribution in [0.25, 0.3) is 0 Å². The van der Waals surface area contributed by atoms with Crippen molar-refractivity contribution in [3.63, 3.8) is 0 Å². The summed E-state index contributed by atoms with van der Waals surface area (Å²) in [6, 6.07) is 1.72. The van der Waals surface area contributed by atoms with Crippen LogP contribution < -0.4 is 4.90 Å². The molecule has 0 spiro atoms. The van der Waals surface area contributed by atoms with E-state index in [0.717, 1.165) is 0 Å². The summed E-state index contributed by atoms with van der Waals surface area (Å²) in [5.41, 5.74) is 0.411. The third kappa shape index (κ3) is 2.57. The number of amides is 1. The predicted molar refractivity (Wildman–Crippen MR) is 67.7 cm³/mol. The number of nitriles is 1. The average Bonchev–Trinajstić information content (AvgIpc) is 2.37. The smallest absolute Gasteiger partial charge is 0.407 e. The first-order chi connectivity index (χ1) is 9.02. The topological polar surface area (TPSA) is 93.4 Å². The highest BCUT2D eigenvalue weighted by molar-refractivity contribution is 5.66. The second-order valence-corrected chi connectivity index (χ2v) is 4.68. The molecule has 2 atom stereocenters. The molecular weight excluding hydrogens is 246 g/mol. The molecule has 7 nitrogen and oxygen atoms in total. The number of hydrogen-bond donors (Lipinski definition) is 1. The Morgan fingerprint density at radius 2 is 1.89 bits per heavy atom. The van der Waals surface area contributed by atoms with Crippen molar-refractivity contribution >= 4 is 12.0 Å². The highest BCUT2D eigenvalue weighted by atomic mass is 16.4. The summed E-state index contributed by atoms with van der Waals surface area (Å²) >= 11 is 0. The van der Waals surface area contributed by atoms with Crippen LogP contribution >= 0.6 is 0 Å². The van der Waals surface area contributed by atoms with E-state index in [1.807, 2.05) is 24.8 Å². The van der Waals surface area contributed by atoms with Crippen LogP contribution in [-0.2, 0) is 0 Å². The van der Waals surface area contributed by atoms with Gasteiger partial charge in [0.25, 0.3) is 0 Å². The van der Waals surface area contributed by atoms with Gasteiger partial charge in [-0.25, -0.2) is 14.8 Å². The monoisotopic (exact) mass is 261 g/mol. The molecule has 100 valence electrons. The fourth-order valence-electron chi connectivity index (χ4n) is 2.41. The Balaban J connectivity index is 2.15. The zero-order valence-corrected chi connectivity index (χ0v) is 10.8. The zero-order chi connectivity index (χ0) is 14.0. The van der Waals surface area contributed by atoms with Gasteiger partial charge in [0.05, 0.1) is 30.0 Å². The number of anilines is 1. The predicted octanol–water partition coefficient (Wildman–Crippen LogP) is 0.925. The molecule has 1 aromatic heterocycles. The van der Waals surface area contributed by atoms with E-state index in [2.05, 4.69) is 9.97 Å². The lowest BCUT2D eigenvalue weighted by atomic mass is 10.1. The van der Waals surface area contributed by atoms with Crippen molar-refractivity contribution in [1.82, 2.24) is 14.9 Å². The van der Waals surface area contributed by atoms with E-state index >= 15 is 0 Å². The SMILES string of the molecule is C[C@@H]1CN(c2ncc(C#N)cn2)C[C@@H](C)N1C(=O)O. The Bertz CT molecular complexity index is 498. The van der Waals surface area contributed by atoms with Crippen LogP contribution in [0.4, 0.5) is 10.7 Å². The maximum atomic E-state index is 11.1. The van der Waals surface area contributed by atoms with Gasteiger partial charge < -0.3 is 10.0 Å². The Morgan fingerprint density at radius 1 is 1.37 bits per heavy atom. The number of rotatable bonds is 1. The van der Waals surface area contributed by atoms with Gasteiger partial charge in [0.15, 0.2) is 0 Å². The molecule has 1 aliphatic heterocycles. The van der Waals surface area contributed by atoms with Gasteiger partial charge in [-0.15, -0.1) is 0 Å². The molecule has 1 N–H and O–H groups in total. The fourth-order valence-corrected chi connectivity index (χ4v) is 2.41. The Labute approximate surface area is 111 Å². The molecule has 2 heterocycles. The molecule has 0 radical (unpaired) electrons. The van der Waals surface area contributed by atoms with Gasteiger partial charge in [0, 0.05) is 13.1 Å². The minimum Gasteiger partial charge on any atom is -0.465 e. The molecule has 0 bridgehead atoms. The maximum absolute atomic E-state index is 11.1. The van der Waals surface area contributed by atoms with Gasteiger partial charge in [-0.05, 0) is 13.8 Å². The Hall–Kier alpha value is -2.36. The minimum absolute atomic E-state index is 0.125. The molecule has 0 aromatic carbocycles. The van der Waals surface area contributed by atoms with E-state index in [-0.39, 0.29) is 12.1 Å². The van der Waals surface area contributed by atoms with Gasteiger partial charge in [-0.2, -0.15) is 5.26 Å². The standard InChI is InChI=1S/C12H15N5O2/c1-8-6-16(7-9(2)17(8)12(18)19)11-14-4-10(3-13)5-15-11/h4-5,8-9H,6-7H2,1-2H3,(H,18,19)/t8-,9-/m1/s1. The number of piperazine rings is 1. The highest BCUT2D eigenvalue weighted by Gasteiger charge is 2.33. The number of carbonyl (C=O) groups is 1. The first-order valence-electron chi connectivity index (χ1n) is 6.01. The van der Waals surface area contributed by atoms with Crippen molar-refractivity contribution < 1.29 is 9.90 Å². The molecule has 1 saturated heterocycles. The summed E-state index contributed by atoms with van der Waals surface area (Å²) < 4.78 is 0. The summed E-state index contributed by atoms with van der Waals surface area (Å²) in [5, 5.41) is 17.8. The average molecular weight is 261 g/mol. The highest BCUT2D eigenvalue weighted by Crippen LogP contribution is 2.19. The van der Waals surface area contributed by atoms with Crippen molar-refractivity contribution in [3.8, 4) is 6.07 Å². The second kappa shape index (κ2) is 5.10. The number of hydrogen-bond acceptors (Lipinski definition) is 5. The number of nitrogens with zero attached hydrogens (tertiary/aromatic N) is 5. The zero-order valence-electron chi connectivity index (χ0n) is 10.8. The van der Waals surface area contributed by atoms with Crippen LogP contribution in [0, 0.1) is 11.3 Å². The van der Waals surface area contributed by atoms with E-state index < -0.39 is 6.09 Å². The molecule has 1 aromatic rings. The van der Waals surface area contributed by atoms with Crippen LogP contribution in [0.2, 0.25) is 0 Å². The summed E-state index contributed by atoms with van der Waals surface area (Å²) in [4.78, 5) is 22.8. The molecule has 1 aliphatic rings. The molecule has 7 heteroatoms. The van der Waals surface area contributed by atoms with E-state index in [4.69, 9.17) is 10.4 Å². The van der Waals surface area contributed by atoms with Crippen molar-refractivity contribution in [2.45, 2.75) is 25.9 Å². The van der Waals surface area contributed by atoms with Gasteiger partial charge in [0.1, 0.15) is 6.07 Å². The van der Waals surface area contributed by atoms with Crippen molar-refractivity contribution in [2.75, 3.05) is 18.0 Å². The van der Waals surface area contributed by atoms with Crippen LogP contribution in [-0.4, -0.2) is 51.2 Å². The minimum atomic E-state index is -0.902. The van der Waals surface area contributed by atoms with Crippen molar-refractivity contribution in [2.24, 2.45) is 0 Å². The van der Waals surface area contributed by atoms with E-state index in [0.29, 0.717) is 24.6 Å². The quantitative estimate of drug-likeness (QED) is 0.808. The first-order valence-corrected chi connectivity index (χ1v) is 6.01. The van der Waals surface area contributed by atoms with Crippen LogP contribution in [0.5, 0.6) is 0 Å². The molecule has 0 aliphatic carbocycles. The Morgan fingerprint density at radius 3 is 2.32 bits per heavy atom. The normalized spacial score (nSPS) is 23.0. The van der Waals surface area contributed by atoms with Crippen LogP contribution in [0.15, 0.2) is 12.4 Å². The Kier molecular flexibility index (Phi) is 3.51. The number of carboxylic acid groups (broad SMARTS) is 1. The second-order valence-electron chi connectivity index (χ2n) is 4.68. The van der Waals surface area contributed by atoms with Gasteiger partial charge in [-0.3, -0.25) is 4.90 Å². The number of aromatic nitrogens is 2. The van der Waals surface area contributed by atoms with Crippen LogP contribution in [0.3, 0.4) is 0 Å². The largest absolute Gasteiger partial charge is 0.465 e. The molecule has 1 fully saturated rings. The lowest BCUT2D eigenvalue weighted by Gasteiger charge is -2.42. The van der Waals surface area contributed by atoms with Crippen molar-refractivity contribution in [3.05, 3.63) is 18.0 Å². The molecule has 0 saturated carbocycles. The lowest BCUT2D eigenvalue weighted by Crippen LogP contribution is -2.58. The lowest BCUT2D eigenvalue weighted by molar-refractivity contribution is 0.0979. The van der Waals surface area contributed by atoms with E-state index in [1.165, 1.54) is 17.3 Å². The maximum Gasteiger partial charge on any atom is 0.407 e. The van der Waals surface area contributed by atoms with Crippen molar-refractivity contribution in [1.29, 1.82) is 5.26 Å². The van der Waals surface area contributed by atoms with Crippen LogP contribution in [0.1, 0.15) is 19.4 Å². The van der Waals surface area contributed by atoms with E-state index in [1.54, 1.807) is 0 Å². The van der Waals surface area contributed by atoms with Gasteiger partial charge in [0.2, 0.25) is 5.95 Å². The summed E-state index contributed by atoms with van der Waals surface area (Å²) in [6.07, 6.45) is 2.04. The third-order valence-corrected chi connectivity index (χ3v) is 3.19. The summed E-state index contributed by atoms with van der Waals surface area (Å²) in [7, 11) is 0. The summed E-state index contributed by atoms with van der Waals surface area (Å²) in [6.45, 7) is 4.81. The summed E-state index contributed by atoms with van der Waals surface area (Å²) in [5.74, 6) is 0.530. The fraction of sp³-hybridized carbons (Fsp3) is 0.500.